The van der Waals surface area contributed by atoms with E-state index in [1.165, 1.54) is 0 Å². The molecule has 0 aliphatic carbocycles. The molecule has 0 heterocycles. The summed E-state index contributed by atoms with van der Waals surface area (Å²) in [5.41, 5.74) is 0. The van der Waals surface area contributed by atoms with E-state index in [0.29, 0.717) is 13.0 Å². The lowest BCUT2D eigenvalue weighted by Gasteiger charge is -2.14. The van der Waals surface area contributed by atoms with E-state index >= 15 is 0 Å². The molecular weight excluding hydrogens is 222 g/mol. The van der Waals surface area contributed by atoms with Gasteiger partial charge in [-0.3, -0.25) is 0 Å². The van der Waals surface area contributed by atoms with Crippen LogP contribution in [0, 0.1) is 0 Å². The standard InChI is InChI=1S/C11H23N3O3/c1-3-4-6-9(10(15)16)14-11(17)13-8-5-7-12-2/h9,12H,3-8H2,1-2H3,(H,15,16)(H2,13,14,17)/t9-/m0/s1. The van der Waals surface area contributed by atoms with Gasteiger partial charge in [-0.1, -0.05) is 19.8 Å². The van der Waals surface area contributed by atoms with Crippen LogP contribution in [0.2, 0.25) is 0 Å². The number of carboxylic acids is 1. The Morgan fingerprint density at radius 2 is 1.94 bits per heavy atom. The summed E-state index contributed by atoms with van der Waals surface area (Å²) in [5.74, 6) is -0.983. The highest BCUT2D eigenvalue weighted by Gasteiger charge is 2.18. The summed E-state index contributed by atoms with van der Waals surface area (Å²) in [6.45, 7) is 3.34. The van der Waals surface area contributed by atoms with E-state index in [0.717, 1.165) is 25.8 Å². The summed E-state index contributed by atoms with van der Waals surface area (Å²) < 4.78 is 0. The fourth-order valence-electron chi connectivity index (χ4n) is 1.34. The van der Waals surface area contributed by atoms with Crippen LogP contribution in [0.1, 0.15) is 32.6 Å². The smallest absolute Gasteiger partial charge is 0.326 e. The summed E-state index contributed by atoms with van der Waals surface area (Å²) >= 11 is 0. The minimum atomic E-state index is -0.983. The molecule has 0 aromatic rings. The predicted octanol–water partition coefficient (Wildman–Crippen LogP) is 0.539. The number of carbonyl (C=O) groups excluding carboxylic acids is 1. The van der Waals surface area contributed by atoms with Gasteiger partial charge in [0.15, 0.2) is 0 Å². The minimum absolute atomic E-state index is 0.412. The maximum Gasteiger partial charge on any atom is 0.326 e. The van der Waals surface area contributed by atoms with Gasteiger partial charge >= 0.3 is 12.0 Å². The predicted molar refractivity (Wildman–Crippen MR) is 66.0 cm³/mol. The molecule has 0 saturated carbocycles. The number of rotatable bonds is 9. The number of hydrogen-bond acceptors (Lipinski definition) is 3. The van der Waals surface area contributed by atoms with Crippen molar-refractivity contribution in [1.29, 1.82) is 0 Å². The van der Waals surface area contributed by atoms with Crippen molar-refractivity contribution in [3.63, 3.8) is 0 Å². The zero-order chi connectivity index (χ0) is 13.1. The van der Waals surface area contributed by atoms with Crippen LogP contribution in [0.15, 0.2) is 0 Å². The molecule has 0 saturated heterocycles. The molecule has 0 radical (unpaired) electrons. The molecule has 17 heavy (non-hydrogen) atoms. The monoisotopic (exact) mass is 245 g/mol. The van der Waals surface area contributed by atoms with Crippen LogP contribution >= 0.6 is 0 Å². The molecule has 0 aliphatic rings. The van der Waals surface area contributed by atoms with Gasteiger partial charge < -0.3 is 21.1 Å². The normalized spacial score (nSPS) is 11.9. The summed E-state index contributed by atoms with van der Waals surface area (Å²) in [4.78, 5) is 22.2. The molecule has 0 aliphatic heterocycles. The number of carboxylic acid groups (broad SMARTS) is 1. The minimum Gasteiger partial charge on any atom is -0.480 e. The lowest BCUT2D eigenvalue weighted by Crippen LogP contribution is -2.46. The van der Waals surface area contributed by atoms with Crippen LogP contribution < -0.4 is 16.0 Å². The van der Waals surface area contributed by atoms with Crippen LogP contribution in [0.5, 0.6) is 0 Å². The maximum absolute atomic E-state index is 11.4. The molecular formula is C11H23N3O3. The van der Waals surface area contributed by atoms with Crippen LogP contribution in [-0.2, 0) is 4.79 Å². The molecule has 0 aromatic heterocycles. The Kier molecular flexibility index (Phi) is 9.14. The molecule has 6 heteroatoms. The largest absolute Gasteiger partial charge is 0.480 e. The SMILES string of the molecule is CCCC[C@H](NC(=O)NCCCNC)C(=O)O. The van der Waals surface area contributed by atoms with Gasteiger partial charge in [0.2, 0.25) is 0 Å². The molecule has 2 amide bonds. The second kappa shape index (κ2) is 9.89. The second-order valence-corrected chi connectivity index (χ2v) is 3.89. The number of urea groups is 1. The van der Waals surface area contributed by atoms with Crippen LogP contribution in [-0.4, -0.2) is 43.3 Å². The first-order valence-electron chi connectivity index (χ1n) is 6.03. The molecule has 100 valence electrons. The van der Waals surface area contributed by atoms with Gasteiger partial charge in [0.05, 0.1) is 0 Å². The highest BCUT2D eigenvalue weighted by atomic mass is 16.4. The number of nitrogens with one attached hydrogen (secondary N) is 3. The number of hydrogen-bond donors (Lipinski definition) is 4. The fourth-order valence-corrected chi connectivity index (χ4v) is 1.34. The van der Waals surface area contributed by atoms with Crippen LogP contribution in [0.3, 0.4) is 0 Å². The summed E-state index contributed by atoms with van der Waals surface area (Å²) in [5, 5.41) is 17.0. The Labute approximate surface area is 102 Å². The Morgan fingerprint density at radius 3 is 2.47 bits per heavy atom. The zero-order valence-electron chi connectivity index (χ0n) is 10.6. The molecule has 0 aromatic carbocycles. The fraction of sp³-hybridized carbons (Fsp3) is 0.818. The molecule has 4 N–H and O–H groups in total. The van der Waals surface area contributed by atoms with Gasteiger partial charge in [0, 0.05) is 6.54 Å². The Hall–Kier alpha value is -1.30. The third-order valence-corrected chi connectivity index (χ3v) is 2.34. The first-order chi connectivity index (χ1) is 8.11. The maximum atomic E-state index is 11.4. The first-order valence-corrected chi connectivity index (χ1v) is 6.03. The lowest BCUT2D eigenvalue weighted by molar-refractivity contribution is -0.139. The topological polar surface area (TPSA) is 90.5 Å². The second-order valence-electron chi connectivity index (χ2n) is 3.89. The van der Waals surface area contributed by atoms with E-state index in [4.69, 9.17) is 5.11 Å². The van der Waals surface area contributed by atoms with Gasteiger partial charge in [0.1, 0.15) is 6.04 Å². The lowest BCUT2D eigenvalue weighted by atomic mass is 10.1. The quantitative estimate of drug-likeness (QED) is 0.446. The zero-order valence-corrected chi connectivity index (χ0v) is 10.6. The number of aliphatic carboxylic acids is 1. The van der Waals surface area contributed by atoms with Crippen molar-refractivity contribution in [2.75, 3.05) is 20.1 Å². The molecule has 0 bridgehead atoms. The Morgan fingerprint density at radius 1 is 1.24 bits per heavy atom. The highest BCUT2D eigenvalue weighted by molar-refractivity contribution is 5.82. The molecule has 0 unspecified atom stereocenters. The summed E-state index contributed by atoms with van der Waals surface area (Å²) in [6, 6.07) is -1.20. The van der Waals surface area contributed by atoms with Crippen LogP contribution in [0.25, 0.3) is 0 Å². The molecule has 6 nitrogen and oxygen atoms in total. The van der Waals surface area contributed by atoms with E-state index < -0.39 is 18.0 Å². The Balaban J connectivity index is 3.83. The molecule has 0 rings (SSSR count). The summed E-state index contributed by atoms with van der Waals surface area (Å²) in [6.07, 6.45) is 2.98. The average Bonchev–Trinajstić information content (AvgIpc) is 2.29. The van der Waals surface area contributed by atoms with Gasteiger partial charge in [-0.05, 0) is 26.4 Å². The van der Waals surface area contributed by atoms with Crippen molar-refractivity contribution < 1.29 is 14.7 Å². The number of amides is 2. The van der Waals surface area contributed by atoms with Crippen molar-refractivity contribution in [1.82, 2.24) is 16.0 Å². The number of carbonyl (C=O) groups is 2. The third kappa shape index (κ3) is 8.50. The van der Waals surface area contributed by atoms with Gasteiger partial charge in [-0.2, -0.15) is 0 Å². The van der Waals surface area contributed by atoms with Crippen molar-refractivity contribution in [3.05, 3.63) is 0 Å². The van der Waals surface area contributed by atoms with Crippen molar-refractivity contribution in [3.8, 4) is 0 Å². The van der Waals surface area contributed by atoms with Gasteiger partial charge in [-0.25, -0.2) is 9.59 Å². The highest BCUT2D eigenvalue weighted by Crippen LogP contribution is 2.00. The molecule has 0 spiro atoms. The first kappa shape index (κ1) is 15.7. The van der Waals surface area contributed by atoms with Gasteiger partial charge in [0.25, 0.3) is 0 Å². The van der Waals surface area contributed by atoms with Gasteiger partial charge in [-0.15, -0.1) is 0 Å². The Bertz CT molecular complexity index is 234. The van der Waals surface area contributed by atoms with E-state index in [1.807, 2.05) is 14.0 Å². The number of unbranched alkanes of at least 4 members (excludes halogenated alkanes) is 1. The molecule has 1 atom stereocenters. The van der Waals surface area contributed by atoms with Crippen LogP contribution in [0.4, 0.5) is 4.79 Å². The molecule has 0 fully saturated rings. The van der Waals surface area contributed by atoms with E-state index in [-0.39, 0.29) is 0 Å². The van der Waals surface area contributed by atoms with E-state index in [2.05, 4.69) is 16.0 Å². The van der Waals surface area contributed by atoms with E-state index in [9.17, 15) is 9.59 Å². The van der Waals surface area contributed by atoms with Crippen molar-refractivity contribution in [2.45, 2.75) is 38.6 Å². The third-order valence-electron chi connectivity index (χ3n) is 2.34. The average molecular weight is 245 g/mol. The van der Waals surface area contributed by atoms with Crippen molar-refractivity contribution >= 4 is 12.0 Å². The van der Waals surface area contributed by atoms with Crippen molar-refractivity contribution in [2.24, 2.45) is 0 Å². The van der Waals surface area contributed by atoms with E-state index in [1.54, 1.807) is 0 Å². The summed E-state index contributed by atoms with van der Waals surface area (Å²) in [7, 11) is 1.84.